The van der Waals surface area contributed by atoms with Crippen LogP contribution in [-0.4, -0.2) is 22.6 Å². The Morgan fingerprint density at radius 2 is 2.00 bits per heavy atom. The number of thiophene rings is 1. The molecule has 1 N–H and O–H groups in total. The van der Waals surface area contributed by atoms with Crippen LogP contribution in [0.2, 0.25) is 0 Å². The summed E-state index contributed by atoms with van der Waals surface area (Å²) in [5.41, 5.74) is 1.86. The first-order valence-electron chi connectivity index (χ1n) is 8.44. The smallest absolute Gasteiger partial charge is 0.251 e. The highest BCUT2D eigenvalue weighted by Crippen LogP contribution is 2.21. The Morgan fingerprint density at radius 3 is 2.76 bits per heavy atom. The summed E-state index contributed by atoms with van der Waals surface area (Å²) in [4.78, 5) is 17.4. The fourth-order valence-corrected chi connectivity index (χ4v) is 3.10. The summed E-state index contributed by atoms with van der Waals surface area (Å²) in [5.74, 6) is 1.32. The highest BCUT2D eigenvalue weighted by Gasteiger charge is 2.09. The molecule has 0 aliphatic heterocycles. The summed E-state index contributed by atoms with van der Waals surface area (Å²) in [6.45, 7) is 2.69. The summed E-state index contributed by atoms with van der Waals surface area (Å²) in [5, 5.41) is 8.95. The normalized spacial score (nSPS) is 10.8. The van der Waals surface area contributed by atoms with E-state index in [0.29, 0.717) is 23.8 Å². The van der Waals surface area contributed by atoms with Gasteiger partial charge in [0.05, 0.1) is 4.88 Å². The average molecular weight is 355 g/mol. The maximum atomic E-state index is 12.0. The summed E-state index contributed by atoms with van der Waals surface area (Å²) in [6.07, 6.45) is 3.67. The van der Waals surface area contributed by atoms with Crippen LogP contribution in [0.5, 0.6) is 0 Å². The zero-order chi connectivity index (χ0) is 17.5. The van der Waals surface area contributed by atoms with Gasteiger partial charge in [-0.05, 0) is 43.3 Å². The van der Waals surface area contributed by atoms with E-state index in [1.165, 1.54) is 0 Å². The molecule has 6 heteroatoms. The summed E-state index contributed by atoms with van der Waals surface area (Å²) >= 11 is 1.60. The van der Waals surface area contributed by atoms with E-state index in [1.807, 2.05) is 48.7 Å². The Kier molecular flexibility index (Phi) is 5.95. The van der Waals surface area contributed by atoms with E-state index in [4.69, 9.17) is 4.52 Å². The van der Waals surface area contributed by atoms with Crippen molar-refractivity contribution >= 4 is 17.2 Å². The van der Waals surface area contributed by atoms with Gasteiger partial charge in [0.25, 0.3) is 5.91 Å². The molecule has 2 aromatic heterocycles. The molecule has 0 radical (unpaired) electrons. The van der Waals surface area contributed by atoms with Crippen molar-refractivity contribution in [2.24, 2.45) is 0 Å². The van der Waals surface area contributed by atoms with E-state index < -0.39 is 0 Å². The van der Waals surface area contributed by atoms with Crippen LogP contribution in [-0.2, 0) is 6.42 Å². The molecule has 130 valence electrons. The van der Waals surface area contributed by atoms with Gasteiger partial charge in [0.1, 0.15) is 0 Å². The number of unbranched alkanes of at least 4 members (excludes halogenated alkanes) is 2. The quantitative estimate of drug-likeness (QED) is 0.613. The first-order chi connectivity index (χ1) is 12.2. The minimum atomic E-state index is -0.0162. The average Bonchev–Trinajstić information content (AvgIpc) is 3.29. The van der Waals surface area contributed by atoms with Crippen molar-refractivity contribution in [3.05, 3.63) is 58.8 Å². The summed E-state index contributed by atoms with van der Waals surface area (Å²) in [7, 11) is 0. The maximum absolute atomic E-state index is 12.0. The Bertz CT molecular complexity index is 794. The molecular formula is C19H21N3O2S. The first kappa shape index (κ1) is 17.4. The molecule has 0 aliphatic rings. The van der Waals surface area contributed by atoms with E-state index >= 15 is 0 Å². The number of benzene rings is 1. The van der Waals surface area contributed by atoms with Crippen molar-refractivity contribution < 1.29 is 9.32 Å². The molecule has 1 aromatic carbocycles. The largest absolute Gasteiger partial charge is 0.352 e. The molecule has 5 nitrogen and oxygen atoms in total. The molecule has 0 unspecified atom stereocenters. The molecule has 0 saturated heterocycles. The summed E-state index contributed by atoms with van der Waals surface area (Å²) in [6, 6.07) is 11.6. The number of nitrogens with zero attached hydrogens (tertiary/aromatic N) is 2. The van der Waals surface area contributed by atoms with Crippen LogP contribution in [0.15, 0.2) is 46.3 Å². The molecule has 0 aliphatic carbocycles. The van der Waals surface area contributed by atoms with Crippen LogP contribution in [0.25, 0.3) is 10.7 Å². The van der Waals surface area contributed by atoms with Crippen molar-refractivity contribution in [3.63, 3.8) is 0 Å². The van der Waals surface area contributed by atoms with Crippen LogP contribution in [0.1, 0.15) is 41.1 Å². The van der Waals surface area contributed by atoms with Gasteiger partial charge in [-0.2, -0.15) is 4.98 Å². The molecule has 3 rings (SSSR count). The van der Waals surface area contributed by atoms with Crippen molar-refractivity contribution in [1.82, 2.24) is 15.5 Å². The van der Waals surface area contributed by atoms with Crippen molar-refractivity contribution in [3.8, 4) is 10.7 Å². The molecule has 1 amide bonds. The van der Waals surface area contributed by atoms with Gasteiger partial charge in [0.2, 0.25) is 11.7 Å². The third-order valence-electron chi connectivity index (χ3n) is 3.88. The predicted octanol–water partition coefficient (Wildman–Crippen LogP) is 4.25. The lowest BCUT2D eigenvalue weighted by molar-refractivity contribution is 0.0953. The van der Waals surface area contributed by atoms with Crippen LogP contribution >= 0.6 is 11.3 Å². The highest BCUT2D eigenvalue weighted by molar-refractivity contribution is 7.13. The van der Waals surface area contributed by atoms with E-state index in [9.17, 15) is 4.79 Å². The Morgan fingerprint density at radius 1 is 1.16 bits per heavy atom. The molecule has 0 fully saturated rings. The SMILES string of the molecule is Cc1ccc(C(=O)NCCCCCc2nc(-c3cccs3)no2)cc1. The topological polar surface area (TPSA) is 68.0 Å². The van der Waals surface area contributed by atoms with Crippen LogP contribution < -0.4 is 5.32 Å². The second-order valence-electron chi connectivity index (χ2n) is 5.92. The van der Waals surface area contributed by atoms with Gasteiger partial charge in [-0.15, -0.1) is 11.3 Å². The van der Waals surface area contributed by atoms with Gasteiger partial charge < -0.3 is 9.84 Å². The Hall–Kier alpha value is -2.47. The van der Waals surface area contributed by atoms with Crippen molar-refractivity contribution in [2.45, 2.75) is 32.6 Å². The van der Waals surface area contributed by atoms with Gasteiger partial charge in [0.15, 0.2) is 0 Å². The summed E-state index contributed by atoms with van der Waals surface area (Å²) < 4.78 is 5.28. The fourth-order valence-electron chi connectivity index (χ4n) is 2.45. The number of aromatic nitrogens is 2. The van der Waals surface area contributed by atoms with E-state index in [-0.39, 0.29) is 5.91 Å². The zero-order valence-electron chi connectivity index (χ0n) is 14.2. The standard InChI is InChI=1S/C19H21N3O2S/c1-14-8-10-15(11-9-14)19(23)20-12-4-2-3-7-17-21-18(22-24-17)16-6-5-13-25-16/h5-6,8-11,13H,2-4,7,12H2,1H3,(H,20,23). The number of rotatable bonds is 8. The predicted molar refractivity (Wildman–Crippen MR) is 98.7 cm³/mol. The number of carbonyl (C=O) groups excluding carboxylic acids is 1. The number of carbonyl (C=O) groups is 1. The Balaban J connectivity index is 1.32. The number of hydrogen-bond acceptors (Lipinski definition) is 5. The van der Waals surface area contributed by atoms with Gasteiger partial charge in [0, 0.05) is 18.5 Å². The lowest BCUT2D eigenvalue weighted by Gasteiger charge is -2.05. The second kappa shape index (κ2) is 8.58. The highest BCUT2D eigenvalue weighted by atomic mass is 32.1. The molecule has 0 saturated carbocycles. The fraction of sp³-hybridized carbons (Fsp3) is 0.316. The van der Waals surface area contributed by atoms with Gasteiger partial charge >= 0.3 is 0 Å². The first-order valence-corrected chi connectivity index (χ1v) is 9.31. The molecule has 3 aromatic rings. The van der Waals surface area contributed by atoms with E-state index in [0.717, 1.165) is 36.1 Å². The monoisotopic (exact) mass is 355 g/mol. The Labute approximate surface area is 151 Å². The lowest BCUT2D eigenvalue weighted by Crippen LogP contribution is -2.24. The van der Waals surface area contributed by atoms with Gasteiger partial charge in [-0.3, -0.25) is 4.79 Å². The molecule has 2 heterocycles. The number of hydrogen-bond donors (Lipinski definition) is 1. The molecular weight excluding hydrogens is 334 g/mol. The minimum absolute atomic E-state index is 0.0162. The molecule has 25 heavy (non-hydrogen) atoms. The zero-order valence-corrected chi connectivity index (χ0v) is 15.0. The van der Waals surface area contributed by atoms with Crippen LogP contribution in [0, 0.1) is 6.92 Å². The van der Waals surface area contributed by atoms with Crippen molar-refractivity contribution in [2.75, 3.05) is 6.54 Å². The van der Waals surface area contributed by atoms with Crippen LogP contribution in [0.3, 0.4) is 0 Å². The van der Waals surface area contributed by atoms with Crippen molar-refractivity contribution in [1.29, 1.82) is 0 Å². The van der Waals surface area contributed by atoms with E-state index in [2.05, 4.69) is 15.5 Å². The number of nitrogens with one attached hydrogen (secondary N) is 1. The lowest BCUT2D eigenvalue weighted by atomic mass is 10.1. The van der Waals surface area contributed by atoms with E-state index in [1.54, 1.807) is 11.3 Å². The second-order valence-corrected chi connectivity index (χ2v) is 6.87. The maximum Gasteiger partial charge on any atom is 0.251 e. The van der Waals surface area contributed by atoms with Gasteiger partial charge in [-0.1, -0.05) is 35.3 Å². The molecule has 0 spiro atoms. The molecule has 0 atom stereocenters. The number of amides is 1. The molecule has 0 bridgehead atoms. The third kappa shape index (κ3) is 5.00. The third-order valence-corrected chi connectivity index (χ3v) is 4.74. The number of aryl methyl sites for hydroxylation is 2. The minimum Gasteiger partial charge on any atom is -0.352 e. The van der Waals surface area contributed by atoms with Gasteiger partial charge in [-0.25, -0.2) is 0 Å². The van der Waals surface area contributed by atoms with Crippen LogP contribution in [0.4, 0.5) is 0 Å².